The fraction of sp³-hybridized carbons (Fsp3) is 0.409. The molecule has 0 fully saturated rings. The van der Waals surface area contributed by atoms with Crippen LogP contribution >= 0.6 is 0 Å². The van der Waals surface area contributed by atoms with E-state index >= 15 is 0 Å². The minimum absolute atomic E-state index is 0.0953. The number of carbonyl (C=O) groups excluding carboxylic acids is 2. The fourth-order valence-corrected chi connectivity index (χ4v) is 2.96. The summed E-state index contributed by atoms with van der Waals surface area (Å²) in [5, 5.41) is 10.1. The molecule has 29 heavy (non-hydrogen) atoms. The van der Waals surface area contributed by atoms with Crippen LogP contribution < -0.4 is 9.47 Å². The number of nitrogens with zero attached hydrogens (tertiary/aromatic N) is 1. The number of methoxy groups -OCH3 is 2. The molecule has 2 rings (SSSR count). The molecule has 1 heterocycles. The van der Waals surface area contributed by atoms with Gasteiger partial charge in [-0.2, -0.15) is 0 Å². The Kier molecular flexibility index (Phi) is 7.59. The molecule has 0 saturated carbocycles. The number of aromatic nitrogens is 1. The van der Waals surface area contributed by atoms with Gasteiger partial charge in [0.25, 0.3) is 0 Å². The molecule has 0 aliphatic heterocycles. The summed E-state index contributed by atoms with van der Waals surface area (Å²) in [6.07, 6.45) is 0.813. The molecule has 1 aromatic carbocycles. The normalized spacial score (nSPS) is 13.8. The number of carbonyl (C=O) groups is 2. The highest BCUT2D eigenvalue weighted by Gasteiger charge is 2.27. The summed E-state index contributed by atoms with van der Waals surface area (Å²) >= 11 is 0. The van der Waals surface area contributed by atoms with E-state index in [1.165, 1.54) is 19.4 Å². The van der Waals surface area contributed by atoms with Gasteiger partial charge in [0.05, 0.1) is 20.1 Å². The topological polar surface area (TPSA) is 95.0 Å². The number of Topliss-reactive ketones (excluding diaryl/α,β-unsaturated/α-hetero) is 1. The molecule has 7 heteroatoms. The van der Waals surface area contributed by atoms with Gasteiger partial charge in [-0.25, -0.2) is 4.98 Å². The highest BCUT2D eigenvalue weighted by molar-refractivity contribution is 5.99. The van der Waals surface area contributed by atoms with Crippen LogP contribution in [0.2, 0.25) is 0 Å². The van der Waals surface area contributed by atoms with Gasteiger partial charge in [-0.3, -0.25) is 9.59 Å². The van der Waals surface area contributed by atoms with E-state index in [2.05, 4.69) is 4.98 Å². The number of aromatic hydroxyl groups is 1. The summed E-state index contributed by atoms with van der Waals surface area (Å²) in [6.45, 7) is 5.36. The van der Waals surface area contributed by atoms with Crippen LogP contribution in [-0.4, -0.2) is 42.2 Å². The number of ether oxygens (including phenoxy) is 3. The molecule has 1 aromatic heterocycles. The smallest absolute Gasteiger partial charge is 0.309 e. The molecule has 0 amide bonds. The molecule has 156 valence electrons. The molecular formula is C22H27NO6. The summed E-state index contributed by atoms with van der Waals surface area (Å²) in [5.74, 6) is -1.20. The van der Waals surface area contributed by atoms with E-state index in [1.807, 2.05) is 31.2 Å². The zero-order valence-electron chi connectivity index (χ0n) is 17.3. The van der Waals surface area contributed by atoms with Crippen molar-refractivity contribution in [2.24, 2.45) is 5.92 Å². The number of benzene rings is 1. The molecule has 0 radical (unpaired) electrons. The Labute approximate surface area is 170 Å². The molecule has 0 bridgehead atoms. The third kappa shape index (κ3) is 5.25. The second-order valence-electron chi connectivity index (χ2n) is 6.91. The maximum Gasteiger partial charge on any atom is 0.309 e. The van der Waals surface area contributed by atoms with Crippen LogP contribution in [0, 0.1) is 5.92 Å². The minimum atomic E-state index is -0.692. The Hall–Kier alpha value is -3.09. The Morgan fingerprint density at radius 3 is 2.34 bits per heavy atom. The molecular weight excluding hydrogens is 374 g/mol. The van der Waals surface area contributed by atoms with Crippen molar-refractivity contribution in [3.05, 3.63) is 47.8 Å². The van der Waals surface area contributed by atoms with E-state index in [0.29, 0.717) is 0 Å². The largest absolute Gasteiger partial charge is 0.503 e. The Morgan fingerprint density at radius 2 is 1.69 bits per heavy atom. The predicted molar refractivity (Wildman–Crippen MR) is 108 cm³/mol. The summed E-state index contributed by atoms with van der Waals surface area (Å²) in [7, 11) is 2.98. The molecule has 1 N–H and O–H groups in total. The molecule has 0 aliphatic carbocycles. The highest BCUT2D eigenvalue weighted by atomic mass is 16.5. The number of esters is 1. The SMILES string of the molecule is COc1ccccc1[C@H](C)[C@H](C)OC(=O)[C@H](C)CC(=O)c1nccc(OC)c1O. The van der Waals surface area contributed by atoms with E-state index in [-0.39, 0.29) is 29.5 Å². The van der Waals surface area contributed by atoms with Crippen LogP contribution in [0.1, 0.15) is 49.2 Å². The first kappa shape index (κ1) is 22.2. The summed E-state index contributed by atoms with van der Waals surface area (Å²) in [4.78, 5) is 28.9. The quantitative estimate of drug-likeness (QED) is 0.505. The number of hydrogen-bond acceptors (Lipinski definition) is 7. The van der Waals surface area contributed by atoms with Crippen molar-refractivity contribution < 1.29 is 28.9 Å². The van der Waals surface area contributed by atoms with Gasteiger partial charge in [0.15, 0.2) is 23.0 Å². The second kappa shape index (κ2) is 9.91. The summed E-state index contributed by atoms with van der Waals surface area (Å²) in [5.41, 5.74) is 0.809. The Bertz CT molecular complexity index is 866. The summed E-state index contributed by atoms with van der Waals surface area (Å²) in [6, 6.07) is 9.01. The minimum Gasteiger partial charge on any atom is -0.503 e. The van der Waals surface area contributed by atoms with E-state index < -0.39 is 23.8 Å². The van der Waals surface area contributed by atoms with Crippen molar-refractivity contribution in [3.8, 4) is 17.2 Å². The maximum atomic E-state index is 12.5. The lowest BCUT2D eigenvalue weighted by Crippen LogP contribution is -2.26. The first-order valence-corrected chi connectivity index (χ1v) is 9.38. The van der Waals surface area contributed by atoms with Crippen molar-refractivity contribution in [1.29, 1.82) is 0 Å². The van der Waals surface area contributed by atoms with Gasteiger partial charge in [0.2, 0.25) is 0 Å². The van der Waals surface area contributed by atoms with Gasteiger partial charge in [0, 0.05) is 30.2 Å². The van der Waals surface area contributed by atoms with Gasteiger partial charge < -0.3 is 19.3 Å². The number of pyridine rings is 1. The lowest BCUT2D eigenvalue weighted by molar-refractivity contribution is -0.153. The molecule has 3 atom stereocenters. The Balaban J connectivity index is 2.02. The average molecular weight is 401 g/mol. The summed E-state index contributed by atoms with van der Waals surface area (Å²) < 4.78 is 15.9. The van der Waals surface area contributed by atoms with Crippen LogP contribution in [0.3, 0.4) is 0 Å². The third-order valence-electron chi connectivity index (χ3n) is 4.90. The van der Waals surface area contributed by atoms with Crippen LogP contribution in [0.4, 0.5) is 0 Å². The van der Waals surface area contributed by atoms with Crippen LogP contribution in [0.15, 0.2) is 36.5 Å². The lowest BCUT2D eigenvalue weighted by Gasteiger charge is -2.24. The van der Waals surface area contributed by atoms with E-state index in [4.69, 9.17) is 14.2 Å². The molecule has 2 aromatic rings. The first-order chi connectivity index (χ1) is 13.8. The molecule has 7 nitrogen and oxygen atoms in total. The molecule has 0 saturated heterocycles. The van der Waals surface area contributed by atoms with Gasteiger partial charge in [-0.15, -0.1) is 0 Å². The van der Waals surface area contributed by atoms with Gasteiger partial charge in [-0.1, -0.05) is 32.0 Å². The highest BCUT2D eigenvalue weighted by Crippen LogP contribution is 2.31. The van der Waals surface area contributed by atoms with E-state index in [0.717, 1.165) is 11.3 Å². The fourth-order valence-electron chi connectivity index (χ4n) is 2.96. The molecule has 0 unspecified atom stereocenters. The number of ketones is 1. The van der Waals surface area contributed by atoms with Crippen LogP contribution in [-0.2, 0) is 9.53 Å². The number of rotatable bonds is 9. The molecule has 0 aliphatic rings. The van der Waals surface area contributed by atoms with E-state index in [1.54, 1.807) is 21.0 Å². The lowest BCUT2D eigenvalue weighted by atomic mass is 9.95. The van der Waals surface area contributed by atoms with Crippen LogP contribution in [0.25, 0.3) is 0 Å². The number of hydrogen-bond donors (Lipinski definition) is 1. The molecule has 0 spiro atoms. The number of para-hydroxylation sites is 1. The van der Waals surface area contributed by atoms with Gasteiger partial charge >= 0.3 is 5.97 Å². The maximum absolute atomic E-state index is 12.5. The van der Waals surface area contributed by atoms with Crippen molar-refractivity contribution in [2.75, 3.05) is 14.2 Å². The second-order valence-corrected chi connectivity index (χ2v) is 6.91. The van der Waals surface area contributed by atoms with Crippen LogP contribution in [0.5, 0.6) is 17.2 Å². The van der Waals surface area contributed by atoms with E-state index in [9.17, 15) is 14.7 Å². The standard InChI is InChI=1S/C22H27NO6/c1-13(12-17(24)20-21(25)19(28-5)10-11-23-20)22(26)29-15(3)14(2)16-8-6-7-9-18(16)27-4/h6-11,13-15,25H,12H2,1-5H3/t13-,14-,15+/m1/s1. The average Bonchev–Trinajstić information content (AvgIpc) is 2.72. The zero-order valence-corrected chi connectivity index (χ0v) is 17.3. The monoisotopic (exact) mass is 401 g/mol. The van der Waals surface area contributed by atoms with Crippen molar-refractivity contribution in [1.82, 2.24) is 4.98 Å². The Morgan fingerprint density at radius 1 is 1.03 bits per heavy atom. The van der Waals surface area contributed by atoms with Gasteiger partial charge in [0.1, 0.15) is 11.9 Å². The first-order valence-electron chi connectivity index (χ1n) is 9.38. The predicted octanol–water partition coefficient (Wildman–Crippen LogP) is 3.75. The van der Waals surface area contributed by atoms with Crippen molar-refractivity contribution in [3.63, 3.8) is 0 Å². The van der Waals surface area contributed by atoms with Crippen molar-refractivity contribution in [2.45, 2.75) is 39.2 Å². The third-order valence-corrected chi connectivity index (χ3v) is 4.90. The van der Waals surface area contributed by atoms with Gasteiger partial charge in [-0.05, 0) is 13.0 Å². The van der Waals surface area contributed by atoms with Crippen molar-refractivity contribution >= 4 is 11.8 Å². The zero-order chi connectivity index (χ0) is 21.6.